The van der Waals surface area contributed by atoms with Crippen molar-refractivity contribution in [1.29, 1.82) is 0 Å². The van der Waals surface area contributed by atoms with Crippen LogP contribution in [0.4, 0.5) is 11.6 Å². The summed E-state index contributed by atoms with van der Waals surface area (Å²) >= 11 is 6.52. The quantitative estimate of drug-likeness (QED) is 0.509. The molecule has 1 amide bonds. The Morgan fingerprint density at radius 1 is 1.30 bits per heavy atom. The molecule has 4 N–H and O–H groups in total. The number of nitrogens with two attached hydrogens (primary N) is 1. The van der Waals surface area contributed by atoms with E-state index in [1.807, 2.05) is 31.2 Å². The van der Waals surface area contributed by atoms with Gasteiger partial charge in [0.1, 0.15) is 11.9 Å². The van der Waals surface area contributed by atoms with Crippen LogP contribution < -0.4 is 21.9 Å². The molecule has 1 saturated carbocycles. The second-order valence-corrected chi connectivity index (χ2v) is 9.27. The van der Waals surface area contributed by atoms with Gasteiger partial charge >= 0.3 is 0 Å². The van der Waals surface area contributed by atoms with Crippen LogP contribution in [0.25, 0.3) is 10.8 Å². The number of rotatable bonds is 6. The molecule has 3 aromatic rings. The molecule has 8 nitrogen and oxygen atoms in total. The van der Waals surface area contributed by atoms with E-state index in [0.29, 0.717) is 29.6 Å². The number of hydrogen-bond donors (Lipinski definition) is 3. The highest BCUT2D eigenvalue weighted by Gasteiger charge is 2.38. The Balaban J connectivity index is 1.39. The van der Waals surface area contributed by atoms with Gasteiger partial charge in [-0.15, -0.1) is 0 Å². The van der Waals surface area contributed by atoms with E-state index in [9.17, 15) is 9.59 Å². The molecule has 172 valence electrons. The lowest BCUT2D eigenvalue weighted by Crippen LogP contribution is -2.38. The van der Waals surface area contributed by atoms with Gasteiger partial charge in [-0.25, -0.2) is 9.97 Å². The van der Waals surface area contributed by atoms with Crippen molar-refractivity contribution in [3.8, 4) is 0 Å². The van der Waals surface area contributed by atoms with Crippen molar-refractivity contribution < 1.29 is 4.79 Å². The molecular formula is C24H27ClN6O2. The number of pyridine rings is 1. The Hall–Kier alpha value is -3.13. The van der Waals surface area contributed by atoms with Crippen LogP contribution >= 0.6 is 11.6 Å². The van der Waals surface area contributed by atoms with Gasteiger partial charge in [-0.3, -0.25) is 14.2 Å². The summed E-state index contributed by atoms with van der Waals surface area (Å²) in [6.07, 6.45) is 6.13. The minimum absolute atomic E-state index is 0.0161. The minimum atomic E-state index is -0.611. The smallest absolute Gasteiger partial charge is 0.294 e. The summed E-state index contributed by atoms with van der Waals surface area (Å²) in [7, 11) is 0. The van der Waals surface area contributed by atoms with Gasteiger partial charge in [-0.2, -0.15) is 0 Å². The number of anilines is 2. The zero-order chi connectivity index (χ0) is 23.1. The van der Waals surface area contributed by atoms with E-state index in [1.54, 1.807) is 10.8 Å². The first-order chi connectivity index (χ1) is 16.0. The Bertz CT molecular complexity index is 1290. The second kappa shape index (κ2) is 8.67. The third-order valence-electron chi connectivity index (χ3n) is 6.88. The molecule has 1 fully saturated rings. The molecule has 2 aliphatic rings. The van der Waals surface area contributed by atoms with Crippen LogP contribution in [0.2, 0.25) is 5.15 Å². The SMILES string of the molecule is CC[C@@H]1C[C@@H](C(=O)NCc2ccc3c(N)nccc3c2)n2c1c(Cl)nc(NC1CCC1)c2=O. The summed E-state index contributed by atoms with van der Waals surface area (Å²) in [5, 5.41) is 8.37. The summed E-state index contributed by atoms with van der Waals surface area (Å²) in [5.41, 5.74) is 7.27. The summed E-state index contributed by atoms with van der Waals surface area (Å²) < 4.78 is 1.56. The van der Waals surface area contributed by atoms with Gasteiger partial charge in [0.15, 0.2) is 11.0 Å². The maximum absolute atomic E-state index is 13.3. The molecule has 0 bridgehead atoms. The molecule has 2 atom stereocenters. The van der Waals surface area contributed by atoms with Gasteiger partial charge in [0.25, 0.3) is 5.56 Å². The topological polar surface area (TPSA) is 115 Å². The molecule has 1 aromatic carbocycles. The highest BCUT2D eigenvalue weighted by Crippen LogP contribution is 2.40. The van der Waals surface area contributed by atoms with Crippen LogP contribution in [0.3, 0.4) is 0 Å². The molecule has 33 heavy (non-hydrogen) atoms. The van der Waals surface area contributed by atoms with Crippen LogP contribution in [0.15, 0.2) is 35.3 Å². The zero-order valence-corrected chi connectivity index (χ0v) is 19.2. The van der Waals surface area contributed by atoms with Crippen molar-refractivity contribution in [2.24, 2.45) is 0 Å². The monoisotopic (exact) mass is 466 g/mol. The third kappa shape index (κ3) is 3.93. The molecule has 0 spiro atoms. The van der Waals surface area contributed by atoms with Gasteiger partial charge in [-0.05, 0) is 55.2 Å². The van der Waals surface area contributed by atoms with Crippen molar-refractivity contribution in [3.63, 3.8) is 0 Å². The number of amides is 1. The molecule has 1 aliphatic carbocycles. The lowest BCUT2D eigenvalue weighted by Gasteiger charge is -2.27. The van der Waals surface area contributed by atoms with Gasteiger partial charge in [0.2, 0.25) is 5.91 Å². The fourth-order valence-corrected chi connectivity index (χ4v) is 5.11. The lowest BCUT2D eigenvalue weighted by molar-refractivity contribution is -0.124. The minimum Gasteiger partial charge on any atom is -0.383 e. The van der Waals surface area contributed by atoms with Crippen LogP contribution in [0.1, 0.15) is 62.2 Å². The van der Waals surface area contributed by atoms with Crippen LogP contribution in [0, 0.1) is 0 Å². The number of benzene rings is 1. The van der Waals surface area contributed by atoms with Crippen molar-refractivity contribution in [2.45, 2.75) is 63.6 Å². The van der Waals surface area contributed by atoms with Crippen molar-refractivity contribution >= 4 is 39.9 Å². The lowest BCUT2D eigenvalue weighted by atomic mass is 9.93. The second-order valence-electron chi connectivity index (χ2n) is 8.91. The Labute approximate surface area is 196 Å². The molecule has 1 aliphatic heterocycles. The van der Waals surface area contributed by atoms with E-state index >= 15 is 0 Å². The fraction of sp³-hybridized carbons (Fsp3) is 0.417. The first-order valence-electron chi connectivity index (χ1n) is 11.5. The summed E-state index contributed by atoms with van der Waals surface area (Å²) in [6, 6.07) is 7.34. The van der Waals surface area contributed by atoms with Gasteiger partial charge in [0, 0.05) is 30.1 Å². The maximum Gasteiger partial charge on any atom is 0.294 e. The first kappa shape index (κ1) is 21.7. The highest BCUT2D eigenvalue weighted by atomic mass is 35.5. The average Bonchev–Trinajstić information content (AvgIpc) is 3.18. The number of carbonyl (C=O) groups is 1. The number of fused-ring (bicyclic) bond motifs is 2. The van der Waals surface area contributed by atoms with Gasteiger partial charge < -0.3 is 16.4 Å². The molecule has 9 heteroatoms. The Morgan fingerprint density at radius 2 is 2.12 bits per heavy atom. The number of nitrogen functional groups attached to an aromatic ring is 1. The van der Waals surface area contributed by atoms with Crippen molar-refractivity contribution in [1.82, 2.24) is 19.9 Å². The predicted octanol–water partition coefficient (Wildman–Crippen LogP) is 3.75. The zero-order valence-electron chi connectivity index (χ0n) is 18.5. The number of carbonyl (C=O) groups excluding carboxylic acids is 1. The summed E-state index contributed by atoms with van der Waals surface area (Å²) in [5.74, 6) is 0.541. The molecule has 0 radical (unpaired) electrons. The summed E-state index contributed by atoms with van der Waals surface area (Å²) in [4.78, 5) is 35.0. The van der Waals surface area contributed by atoms with Gasteiger partial charge in [-0.1, -0.05) is 30.7 Å². The van der Waals surface area contributed by atoms with Crippen molar-refractivity contribution in [3.05, 3.63) is 57.2 Å². The van der Waals surface area contributed by atoms with Gasteiger partial charge in [0.05, 0.1) is 5.69 Å². The Morgan fingerprint density at radius 3 is 2.85 bits per heavy atom. The third-order valence-corrected chi connectivity index (χ3v) is 7.15. The Kier molecular flexibility index (Phi) is 5.70. The number of aromatic nitrogens is 3. The van der Waals surface area contributed by atoms with E-state index in [2.05, 4.69) is 20.6 Å². The molecule has 5 rings (SSSR count). The fourth-order valence-electron chi connectivity index (χ4n) is 4.78. The summed E-state index contributed by atoms with van der Waals surface area (Å²) in [6.45, 7) is 2.38. The van der Waals surface area contributed by atoms with E-state index in [4.69, 9.17) is 17.3 Å². The van der Waals surface area contributed by atoms with E-state index < -0.39 is 6.04 Å². The average molecular weight is 467 g/mol. The molecular weight excluding hydrogens is 440 g/mol. The normalized spacial score (nSPS) is 19.8. The van der Waals surface area contributed by atoms with Crippen molar-refractivity contribution in [2.75, 3.05) is 11.1 Å². The molecule has 0 saturated heterocycles. The number of halogens is 1. The number of hydrogen-bond acceptors (Lipinski definition) is 6. The maximum atomic E-state index is 13.3. The standard InChI is InChI=1S/C24H27ClN6O2/c1-2-14-11-18(31-19(14)20(25)30-22(24(31)33)29-16-4-3-5-16)23(32)28-12-13-6-7-17-15(10-13)8-9-27-21(17)26/h6-10,14,16,18H,2-5,11-12H2,1H3,(H2,26,27)(H,28,32)(H,29,30)/t14-,18+/m1/s1. The number of nitrogens with one attached hydrogen (secondary N) is 2. The molecule has 0 unspecified atom stereocenters. The largest absolute Gasteiger partial charge is 0.383 e. The van der Waals surface area contributed by atoms with Crippen LogP contribution in [0.5, 0.6) is 0 Å². The van der Waals surface area contributed by atoms with Crippen LogP contribution in [-0.4, -0.2) is 26.5 Å². The van der Waals surface area contributed by atoms with E-state index in [1.165, 1.54) is 0 Å². The molecule has 3 heterocycles. The first-order valence-corrected chi connectivity index (χ1v) is 11.8. The highest BCUT2D eigenvalue weighted by molar-refractivity contribution is 6.30. The number of nitrogens with zero attached hydrogens (tertiary/aromatic N) is 3. The molecule has 2 aromatic heterocycles. The van der Waals surface area contributed by atoms with Crippen LogP contribution in [-0.2, 0) is 11.3 Å². The predicted molar refractivity (Wildman–Crippen MR) is 129 cm³/mol. The van der Waals surface area contributed by atoms with E-state index in [-0.39, 0.29) is 29.2 Å². The van der Waals surface area contributed by atoms with E-state index in [0.717, 1.165) is 42.0 Å².